The zero-order chi connectivity index (χ0) is 24.0. The van der Waals surface area contributed by atoms with Gasteiger partial charge in [-0.25, -0.2) is 8.42 Å². The van der Waals surface area contributed by atoms with Gasteiger partial charge in [-0.15, -0.1) is 0 Å². The van der Waals surface area contributed by atoms with Gasteiger partial charge in [0.15, 0.2) is 21.3 Å². The third kappa shape index (κ3) is 5.90. The normalized spacial score (nSPS) is 16.8. The average Bonchev–Trinajstić information content (AvgIpc) is 3.19. The third-order valence-electron chi connectivity index (χ3n) is 5.57. The molecule has 180 valence electrons. The fourth-order valence-corrected chi connectivity index (χ4v) is 5.60. The second-order valence-corrected chi connectivity index (χ2v) is 10.1. The molecule has 1 heterocycles. The van der Waals surface area contributed by atoms with E-state index in [2.05, 4.69) is 0 Å². The molecule has 9 heteroatoms. The van der Waals surface area contributed by atoms with Gasteiger partial charge in [-0.05, 0) is 42.7 Å². The van der Waals surface area contributed by atoms with Crippen LogP contribution >= 0.6 is 0 Å². The maximum Gasteiger partial charge on any atom is 0.254 e. The lowest BCUT2D eigenvalue weighted by atomic mass is 10.1. The molecule has 33 heavy (non-hydrogen) atoms. The lowest BCUT2D eigenvalue weighted by Gasteiger charge is -2.29. The summed E-state index contributed by atoms with van der Waals surface area (Å²) in [6, 6.07) is 10.3. The number of rotatable bonds is 10. The minimum Gasteiger partial charge on any atom is -0.494 e. The lowest BCUT2D eigenvalue weighted by Crippen LogP contribution is -2.40. The molecule has 3 rings (SSSR count). The van der Waals surface area contributed by atoms with Crippen LogP contribution in [0.3, 0.4) is 0 Å². The number of nitrogens with zero attached hydrogens (tertiary/aromatic N) is 1. The van der Waals surface area contributed by atoms with Crippen LogP contribution in [0, 0.1) is 0 Å². The largest absolute Gasteiger partial charge is 0.494 e. The molecule has 0 N–H and O–H groups in total. The number of carbonyl (C=O) groups is 1. The molecule has 1 aliphatic heterocycles. The van der Waals surface area contributed by atoms with Gasteiger partial charge in [-0.1, -0.05) is 19.1 Å². The van der Waals surface area contributed by atoms with Crippen molar-refractivity contribution in [1.29, 1.82) is 0 Å². The van der Waals surface area contributed by atoms with Gasteiger partial charge in [-0.3, -0.25) is 4.79 Å². The van der Waals surface area contributed by atoms with Gasteiger partial charge in [0.25, 0.3) is 5.91 Å². The molecule has 0 bridgehead atoms. The molecule has 2 aromatic rings. The molecule has 1 aliphatic rings. The molecule has 2 aromatic carbocycles. The fourth-order valence-electron chi connectivity index (χ4n) is 3.87. The van der Waals surface area contributed by atoms with E-state index < -0.39 is 15.9 Å². The summed E-state index contributed by atoms with van der Waals surface area (Å²) in [6.07, 6.45) is 1.31. The van der Waals surface area contributed by atoms with Crippen molar-refractivity contribution in [3.63, 3.8) is 0 Å². The maximum absolute atomic E-state index is 13.6. The Morgan fingerprint density at radius 2 is 1.67 bits per heavy atom. The van der Waals surface area contributed by atoms with Crippen molar-refractivity contribution in [3.05, 3.63) is 47.5 Å². The second-order valence-electron chi connectivity index (χ2n) is 7.90. The maximum atomic E-state index is 13.6. The summed E-state index contributed by atoms with van der Waals surface area (Å²) in [7, 11) is 1.27. The van der Waals surface area contributed by atoms with Crippen LogP contribution in [0.5, 0.6) is 23.0 Å². The molecular weight excluding hydrogens is 446 g/mol. The predicted molar refractivity (Wildman–Crippen MR) is 125 cm³/mol. The van der Waals surface area contributed by atoms with Crippen molar-refractivity contribution in [2.45, 2.75) is 32.4 Å². The predicted octanol–water partition coefficient (Wildman–Crippen LogP) is 3.33. The van der Waals surface area contributed by atoms with E-state index in [0.29, 0.717) is 35.8 Å². The summed E-state index contributed by atoms with van der Waals surface area (Å²) < 4.78 is 46.1. The average molecular weight is 478 g/mol. The SMILES string of the molecule is CCCOc1ccc(CN(C(=O)c2cc(OC)c(OC)c(OC)c2)C2CCS(=O)(=O)C2)cc1. The Morgan fingerprint density at radius 3 is 2.15 bits per heavy atom. The standard InChI is InChI=1S/C24H31NO7S/c1-5-11-32-20-8-6-17(7-9-20)15-25(19-10-12-33(27,28)16-19)24(26)18-13-21(29-2)23(31-4)22(14-18)30-3/h6-9,13-14,19H,5,10-12,15-16H2,1-4H3. The number of hydrogen-bond donors (Lipinski definition) is 0. The Morgan fingerprint density at radius 1 is 1.03 bits per heavy atom. The molecule has 1 unspecified atom stereocenters. The van der Waals surface area contributed by atoms with E-state index in [1.54, 1.807) is 17.0 Å². The fraction of sp³-hybridized carbons (Fsp3) is 0.458. The van der Waals surface area contributed by atoms with E-state index >= 15 is 0 Å². The van der Waals surface area contributed by atoms with Crippen molar-refractivity contribution in [1.82, 2.24) is 4.90 Å². The molecule has 1 saturated heterocycles. The minimum atomic E-state index is -3.19. The smallest absolute Gasteiger partial charge is 0.254 e. The summed E-state index contributed by atoms with van der Waals surface area (Å²) in [4.78, 5) is 15.3. The first-order valence-electron chi connectivity index (χ1n) is 10.8. The highest BCUT2D eigenvalue weighted by molar-refractivity contribution is 7.91. The number of benzene rings is 2. The van der Waals surface area contributed by atoms with Crippen LogP contribution < -0.4 is 18.9 Å². The molecule has 0 aliphatic carbocycles. The number of methoxy groups -OCH3 is 3. The first-order valence-corrected chi connectivity index (χ1v) is 12.7. The van der Waals surface area contributed by atoms with Crippen molar-refractivity contribution in [2.75, 3.05) is 39.4 Å². The summed E-state index contributed by atoms with van der Waals surface area (Å²) in [5, 5.41) is 0. The Bertz CT molecular complexity index is 1040. The number of sulfone groups is 1. The van der Waals surface area contributed by atoms with Crippen molar-refractivity contribution < 1.29 is 32.2 Å². The molecular formula is C24H31NO7S. The summed E-state index contributed by atoms with van der Waals surface area (Å²) >= 11 is 0. The molecule has 1 fully saturated rings. The highest BCUT2D eigenvalue weighted by Gasteiger charge is 2.35. The quantitative estimate of drug-likeness (QED) is 0.518. The Kier molecular flexibility index (Phi) is 8.07. The summed E-state index contributed by atoms with van der Waals surface area (Å²) in [5.41, 5.74) is 1.21. The molecule has 1 atom stereocenters. The van der Waals surface area contributed by atoms with Gasteiger partial charge in [0.2, 0.25) is 5.75 Å². The Balaban J connectivity index is 1.93. The number of ether oxygens (including phenoxy) is 4. The van der Waals surface area contributed by atoms with Crippen LogP contribution in [0.15, 0.2) is 36.4 Å². The van der Waals surface area contributed by atoms with Crippen molar-refractivity contribution in [2.24, 2.45) is 0 Å². The molecule has 8 nitrogen and oxygen atoms in total. The number of hydrogen-bond acceptors (Lipinski definition) is 7. The van der Waals surface area contributed by atoms with Gasteiger partial charge in [0.05, 0.1) is 39.4 Å². The van der Waals surface area contributed by atoms with Gasteiger partial charge in [-0.2, -0.15) is 0 Å². The molecule has 0 saturated carbocycles. The lowest BCUT2D eigenvalue weighted by molar-refractivity contribution is 0.0680. The van der Waals surface area contributed by atoms with E-state index in [1.807, 2.05) is 31.2 Å². The van der Waals surface area contributed by atoms with Crippen LogP contribution in [0.2, 0.25) is 0 Å². The first-order chi connectivity index (χ1) is 15.8. The van der Waals surface area contributed by atoms with Crippen LogP contribution in [-0.2, 0) is 16.4 Å². The molecule has 0 aromatic heterocycles. The molecule has 0 radical (unpaired) electrons. The van der Waals surface area contributed by atoms with E-state index in [1.165, 1.54) is 21.3 Å². The van der Waals surface area contributed by atoms with Gasteiger partial charge in [0, 0.05) is 18.2 Å². The van der Waals surface area contributed by atoms with Crippen LogP contribution in [0.25, 0.3) is 0 Å². The minimum absolute atomic E-state index is 0.0547. The second kappa shape index (κ2) is 10.8. The van der Waals surface area contributed by atoms with Crippen LogP contribution in [-0.4, -0.2) is 64.7 Å². The zero-order valence-electron chi connectivity index (χ0n) is 19.5. The monoisotopic (exact) mass is 477 g/mol. The van der Waals surface area contributed by atoms with E-state index in [9.17, 15) is 13.2 Å². The van der Waals surface area contributed by atoms with Crippen molar-refractivity contribution >= 4 is 15.7 Å². The Labute approximate surface area is 195 Å². The molecule has 1 amide bonds. The van der Waals surface area contributed by atoms with E-state index in [4.69, 9.17) is 18.9 Å². The first kappa shape index (κ1) is 24.7. The van der Waals surface area contributed by atoms with Crippen LogP contribution in [0.1, 0.15) is 35.7 Å². The molecule has 0 spiro atoms. The number of carbonyl (C=O) groups excluding carboxylic acids is 1. The third-order valence-corrected chi connectivity index (χ3v) is 7.32. The van der Waals surface area contributed by atoms with Crippen molar-refractivity contribution in [3.8, 4) is 23.0 Å². The highest BCUT2D eigenvalue weighted by atomic mass is 32.2. The Hall–Kier alpha value is -2.94. The van der Waals surface area contributed by atoms with Crippen LogP contribution in [0.4, 0.5) is 0 Å². The summed E-state index contributed by atoms with van der Waals surface area (Å²) in [5.74, 6) is 1.57. The topological polar surface area (TPSA) is 91.4 Å². The van der Waals surface area contributed by atoms with E-state index in [0.717, 1.165) is 17.7 Å². The van der Waals surface area contributed by atoms with Gasteiger partial charge < -0.3 is 23.8 Å². The number of amides is 1. The zero-order valence-corrected chi connectivity index (χ0v) is 20.3. The summed E-state index contributed by atoms with van der Waals surface area (Å²) in [6.45, 7) is 2.94. The van der Waals surface area contributed by atoms with Gasteiger partial charge >= 0.3 is 0 Å². The van der Waals surface area contributed by atoms with E-state index in [-0.39, 0.29) is 24.0 Å². The van der Waals surface area contributed by atoms with Gasteiger partial charge in [0.1, 0.15) is 5.75 Å². The highest BCUT2D eigenvalue weighted by Crippen LogP contribution is 2.39.